The smallest absolute Gasteiger partial charge is 0.366 e. The van der Waals surface area contributed by atoms with Gasteiger partial charge in [-0.1, -0.05) is 6.42 Å². The van der Waals surface area contributed by atoms with Crippen LogP contribution in [0, 0.1) is 5.92 Å². The number of hydrogen-bond acceptors (Lipinski definition) is 7. The second-order valence-corrected chi connectivity index (χ2v) is 11.4. The van der Waals surface area contributed by atoms with Crippen LogP contribution in [0.2, 0.25) is 0 Å². The number of anilines is 3. The van der Waals surface area contributed by atoms with E-state index in [1.54, 1.807) is 29.2 Å². The second-order valence-electron chi connectivity index (χ2n) is 11.4. The lowest BCUT2D eigenvalue weighted by atomic mass is 10.0. The van der Waals surface area contributed by atoms with Crippen LogP contribution in [0.3, 0.4) is 0 Å². The van der Waals surface area contributed by atoms with E-state index >= 15 is 0 Å². The standard InChI is InChI=1S/C29H38F3N7O2/c1-37-16-12-21(13-17-37)38(2)26(40)19-8-10-20(11-9-19)34-28-33-18-23(29(30,31)32)25(36-28)35-24-7-5-6-22(24)27(41)39-14-3-4-15-39/h8-11,18,21-22,24H,3-7,12-17H2,1-2H3,(H2,33,34,35,36)/t22-,24+/m0/s1. The lowest BCUT2D eigenvalue weighted by Crippen LogP contribution is -2.44. The van der Waals surface area contributed by atoms with E-state index in [1.807, 2.05) is 11.9 Å². The SMILES string of the molecule is CN1CCC(N(C)C(=O)c2ccc(Nc3ncc(C(F)(F)F)c(N[C@@H]4CCC[C@@H]4C(=O)N4CCCC4)n3)cc2)CC1. The fourth-order valence-corrected chi connectivity index (χ4v) is 6.11. The first-order valence-corrected chi connectivity index (χ1v) is 14.4. The van der Waals surface area contributed by atoms with Crippen molar-refractivity contribution < 1.29 is 22.8 Å². The predicted octanol–water partition coefficient (Wildman–Crippen LogP) is 4.61. The zero-order chi connectivity index (χ0) is 29.1. The summed E-state index contributed by atoms with van der Waals surface area (Å²) in [5, 5.41) is 5.91. The van der Waals surface area contributed by atoms with Crippen molar-refractivity contribution in [3.8, 4) is 0 Å². The highest BCUT2D eigenvalue weighted by Gasteiger charge is 2.40. The minimum absolute atomic E-state index is 0.00886. The number of benzene rings is 1. The maximum atomic E-state index is 13.9. The van der Waals surface area contributed by atoms with Gasteiger partial charge in [-0.3, -0.25) is 9.59 Å². The molecule has 3 aliphatic rings. The first-order valence-electron chi connectivity index (χ1n) is 14.4. The number of hydrogen-bond donors (Lipinski definition) is 2. The number of aromatic nitrogens is 2. The molecule has 9 nitrogen and oxygen atoms in total. The summed E-state index contributed by atoms with van der Waals surface area (Å²) < 4.78 is 41.6. The molecule has 1 aromatic carbocycles. The van der Waals surface area contributed by atoms with Gasteiger partial charge in [0.2, 0.25) is 11.9 Å². The summed E-state index contributed by atoms with van der Waals surface area (Å²) in [5.74, 6) is -0.790. The average Bonchev–Trinajstić information content (AvgIpc) is 3.65. The van der Waals surface area contributed by atoms with E-state index in [9.17, 15) is 22.8 Å². The number of piperidine rings is 1. The van der Waals surface area contributed by atoms with Crippen LogP contribution < -0.4 is 10.6 Å². The number of rotatable bonds is 7. The van der Waals surface area contributed by atoms with Crippen LogP contribution in [-0.4, -0.2) is 88.8 Å². The molecule has 2 atom stereocenters. The molecule has 5 rings (SSSR count). The zero-order valence-corrected chi connectivity index (χ0v) is 23.6. The lowest BCUT2D eigenvalue weighted by molar-refractivity contribution is -0.137. The maximum absolute atomic E-state index is 13.9. The molecule has 2 N–H and O–H groups in total. The fourth-order valence-electron chi connectivity index (χ4n) is 6.11. The van der Waals surface area contributed by atoms with Crippen LogP contribution in [0.1, 0.15) is 60.9 Å². The van der Waals surface area contributed by atoms with E-state index in [-0.39, 0.29) is 35.5 Å². The largest absolute Gasteiger partial charge is 0.421 e. The molecule has 3 heterocycles. The van der Waals surface area contributed by atoms with Crippen LogP contribution in [0.25, 0.3) is 0 Å². The van der Waals surface area contributed by atoms with Crippen molar-refractivity contribution in [1.82, 2.24) is 24.7 Å². The third kappa shape index (κ3) is 6.74. The van der Waals surface area contributed by atoms with Crippen molar-refractivity contribution in [2.45, 2.75) is 63.2 Å². The number of alkyl halides is 3. The Kier molecular flexibility index (Phi) is 8.67. The van der Waals surface area contributed by atoms with E-state index < -0.39 is 17.8 Å². The Bertz CT molecular complexity index is 1230. The summed E-state index contributed by atoms with van der Waals surface area (Å²) in [6, 6.07) is 6.50. The molecule has 2 aliphatic heterocycles. The summed E-state index contributed by atoms with van der Waals surface area (Å²) in [6.45, 7) is 3.31. The molecule has 0 radical (unpaired) electrons. The summed E-state index contributed by atoms with van der Waals surface area (Å²) in [6.07, 6.45) is 1.87. The third-order valence-corrected chi connectivity index (χ3v) is 8.61. The highest BCUT2D eigenvalue weighted by atomic mass is 19.4. The molecular formula is C29H38F3N7O2. The predicted molar refractivity (Wildman–Crippen MR) is 150 cm³/mol. The second kappa shape index (κ2) is 12.2. The summed E-state index contributed by atoms with van der Waals surface area (Å²) in [5.41, 5.74) is 0.0972. The van der Waals surface area contributed by atoms with E-state index in [2.05, 4.69) is 32.5 Å². The van der Waals surface area contributed by atoms with Crippen molar-refractivity contribution in [1.29, 1.82) is 0 Å². The molecule has 0 spiro atoms. The molecule has 12 heteroatoms. The number of nitrogens with zero attached hydrogens (tertiary/aromatic N) is 5. The van der Waals surface area contributed by atoms with Gasteiger partial charge < -0.3 is 25.3 Å². The first-order chi connectivity index (χ1) is 19.6. The average molecular weight is 574 g/mol. The van der Waals surface area contributed by atoms with Crippen molar-refractivity contribution in [3.63, 3.8) is 0 Å². The van der Waals surface area contributed by atoms with Gasteiger partial charge in [0.25, 0.3) is 5.91 Å². The van der Waals surface area contributed by atoms with Gasteiger partial charge in [-0.15, -0.1) is 0 Å². The molecule has 1 saturated carbocycles. The third-order valence-electron chi connectivity index (χ3n) is 8.61. The lowest BCUT2D eigenvalue weighted by Gasteiger charge is -2.35. The molecule has 1 aliphatic carbocycles. The van der Waals surface area contributed by atoms with Gasteiger partial charge in [0, 0.05) is 49.7 Å². The molecule has 0 bridgehead atoms. The number of amides is 2. The minimum atomic E-state index is -4.66. The van der Waals surface area contributed by atoms with Crippen molar-refractivity contribution >= 4 is 29.3 Å². The van der Waals surface area contributed by atoms with Gasteiger partial charge in [0.05, 0.1) is 5.92 Å². The normalized spacial score (nSPS) is 22.1. The topological polar surface area (TPSA) is 93.7 Å². The Morgan fingerprint density at radius 1 is 0.976 bits per heavy atom. The molecule has 2 saturated heterocycles. The number of carbonyl (C=O) groups excluding carboxylic acids is 2. The van der Waals surface area contributed by atoms with Gasteiger partial charge in [0.1, 0.15) is 11.4 Å². The summed E-state index contributed by atoms with van der Waals surface area (Å²) in [4.78, 5) is 40.0. The summed E-state index contributed by atoms with van der Waals surface area (Å²) in [7, 11) is 3.90. The maximum Gasteiger partial charge on any atom is 0.421 e. The number of carbonyl (C=O) groups is 2. The number of nitrogens with one attached hydrogen (secondary N) is 2. The van der Waals surface area contributed by atoms with Crippen molar-refractivity contribution in [3.05, 3.63) is 41.6 Å². The molecule has 2 amide bonds. The van der Waals surface area contributed by atoms with Gasteiger partial charge in [-0.25, -0.2) is 4.98 Å². The molecule has 1 aromatic heterocycles. The Labute approximate surface area is 238 Å². The van der Waals surface area contributed by atoms with E-state index in [4.69, 9.17) is 0 Å². The van der Waals surface area contributed by atoms with Gasteiger partial charge in [-0.05, 0) is 82.9 Å². The number of likely N-dealkylation sites (tertiary alicyclic amines) is 2. The Balaban J connectivity index is 1.28. The molecule has 2 aromatic rings. The van der Waals surface area contributed by atoms with E-state index in [0.717, 1.165) is 51.4 Å². The van der Waals surface area contributed by atoms with Crippen molar-refractivity contribution in [2.75, 3.05) is 50.9 Å². The van der Waals surface area contributed by atoms with Gasteiger partial charge in [0.15, 0.2) is 0 Å². The van der Waals surface area contributed by atoms with Crippen LogP contribution in [0.4, 0.5) is 30.6 Å². The van der Waals surface area contributed by atoms with Gasteiger partial charge in [-0.2, -0.15) is 18.2 Å². The Hall–Kier alpha value is -3.41. The van der Waals surface area contributed by atoms with Gasteiger partial charge >= 0.3 is 6.18 Å². The quantitative estimate of drug-likeness (QED) is 0.500. The molecule has 0 unspecified atom stereocenters. The molecule has 41 heavy (non-hydrogen) atoms. The Morgan fingerprint density at radius 3 is 2.32 bits per heavy atom. The van der Waals surface area contributed by atoms with Crippen LogP contribution in [0.5, 0.6) is 0 Å². The molecular weight excluding hydrogens is 535 g/mol. The van der Waals surface area contributed by atoms with Crippen LogP contribution >= 0.6 is 0 Å². The molecule has 3 fully saturated rings. The highest BCUT2D eigenvalue weighted by molar-refractivity contribution is 5.94. The monoisotopic (exact) mass is 573 g/mol. The first kappa shape index (κ1) is 29.1. The Morgan fingerprint density at radius 2 is 1.66 bits per heavy atom. The summed E-state index contributed by atoms with van der Waals surface area (Å²) >= 11 is 0. The number of halogens is 3. The fraction of sp³-hybridized carbons (Fsp3) is 0.586. The minimum Gasteiger partial charge on any atom is -0.366 e. The van der Waals surface area contributed by atoms with E-state index in [1.165, 1.54) is 0 Å². The highest BCUT2D eigenvalue weighted by Crippen LogP contribution is 2.37. The van der Waals surface area contributed by atoms with Crippen molar-refractivity contribution in [2.24, 2.45) is 5.92 Å². The zero-order valence-electron chi connectivity index (χ0n) is 23.6. The van der Waals surface area contributed by atoms with E-state index in [0.29, 0.717) is 37.2 Å². The molecule has 222 valence electrons. The van der Waals surface area contributed by atoms with Crippen LogP contribution in [-0.2, 0) is 11.0 Å². The van der Waals surface area contributed by atoms with Crippen LogP contribution in [0.15, 0.2) is 30.5 Å².